The van der Waals surface area contributed by atoms with Crippen LogP contribution >= 0.6 is 22.9 Å². The molecular formula is C51H54ClN9O4S. The fraction of sp³-hybridized carbons (Fsp3) is 0.333. The number of nitrogens with one attached hydrogen (secondary N) is 1. The first-order chi connectivity index (χ1) is 31.7. The van der Waals surface area contributed by atoms with Crippen LogP contribution in [0.25, 0.3) is 22.1 Å². The van der Waals surface area contributed by atoms with Crippen LogP contribution < -0.4 is 5.32 Å². The molecule has 15 heteroatoms. The molecule has 4 aromatic carbocycles. The fourth-order valence-corrected chi connectivity index (χ4v) is 10.6. The number of piperidine rings is 1. The van der Waals surface area contributed by atoms with Gasteiger partial charge in [-0.1, -0.05) is 79.1 Å². The number of thiophene rings is 1. The number of aromatic nitrogens is 6. The van der Waals surface area contributed by atoms with Gasteiger partial charge in [-0.2, -0.15) is 0 Å². The number of likely N-dealkylation sites (tertiary alicyclic amines) is 1. The van der Waals surface area contributed by atoms with Gasteiger partial charge in [-0.05, 0) is 130 Å². The average Bonchev–Trinajstić information content (AvgIpc) is 3.93. The Morgan fingerprint density at radius 2 is 1.53 bits per heavy atom. The number of hydrogen-bond donors (Lipinski definition) is 4. The Labute approximate surface area is 393 Å². The lowest BCUT2D eigenvalue weighted by Gasteiger charge is -2.32. The zero-order chi connectivity index (χ0) is 46.4. The molecule has 2 aliphatic rings. The first kappa shape index (κ1) is 44.8. The second-order valence-electron chi connectivity index (χ2n) is 18.0. The zero-order valence-electron chi connectivity index (χ0n) is 38.0. The number of carbonyl (C=O) groups excluding carboxylic acids is 1. The number of phenols is 2. The van der Waals surface area contributed by atoms with E-state index in [9.17, 15) is 20.1 Å². The number of aryl methyl sites for hydroxylation is 2. The van der Waals surface area contributed by atoms with Gasteiger partial charge < -0.3 is 20.6 Å². The van der Waals surface area contributed by atoms with Crippen molar-refractivity contribution in [1.82, 2.24) is 39.7 Å². The molecule has 7 aromatic rings. The molecule has 0 unspecified atom stereocenters. The smallest absolute Gasteiger partial charge is 0.319 e. The monoisotopic (exact) mass is 923 g/mol. The third kappa shape index (κ3) is 8.97. The number of aliphatic imine (C=N–C) groups is 1. The van der Waals surface area contributed by atoms with E-state index in [2.05, 4.69) is 85.4 Å². The summed E-state index contributed by atoms with van der Waals surface area (Å²) in [4.78, 5) is 22.8. The Kier molecular flexibility index (Phi) is 12.6. The van der Waals surface area contributed by atoms with E-state index in [1.807, 2.05) is 64.1 Å². The summed E-state index contributed by atoms with van der Waals surface area (Å²) < 4.78 is 3.57. The van der Waals surface area contributed by atoms with Crippen molar-refractivity contribution < 1.29 is 20.1 Å². The standard InChI is InChI=1S/C51H54ClN9O4S/c1-28(2)40-24-41(44(63)26-43(40)62)48-56-58-51(65)61(48)39-17-9-33(10-18-39)23-34-19-21-59(22-20-34)27-35-7-11-36(12-8-35)30(4)53-45(64)25-42-49-57-55-32(6)60(49)50-46(29(3)31(5)66-50)47(54-42)37-13-15-38(52)16-14-37/h7-18,24,26,28,30,34,42,62-63H,19-23,25,27H2,1-6H3,(H,53,64)(H,58,65)/t30-,42-/m0/s1. The molecule has 3 aromatic heterocycles. The highest BCUT2D eigenvalue weighted by Crippen LogP contribution is 2.41. The molecule has 1 fully saturated rings. The predicted molar refractivity (Wildman–Crippen MR) is 258 cm³/mol. The van der Waals surface area contributed by atoms with E-state index in [1.54, 1.807) is 17.4 Å². The van der Waals surface area contributed by atoms with Gasteiger partial charge in [-0.25, -0.2) is 4.57 Å². The Morgan fingerprint density at radius 1 is 0.833 bits per heavy atom. The normalized spacial score (nSPS) is 15.9. The fourth-order valence-electron chi connectivity index (χ4n) is 9.25. The van der Waals surface area contributed by atoms with Gasteiger partial charge in [0.1, 0.15) is 28.4 Å². The van der Waals surface area contributed by atoms with Crippen LogP contribution in [0.2, 0.25) is 5.02 Å². The molecule has 4 N–H and O–H groups in total. The summed E-state index contributed by atoms with van der Waals surface area (Å²) in [5, 5.41) is 53.7. The van der Waals surface area contributed by atoms with E-state index in [0.717, 1.165) is 77.7 Å². The molecule has 340 valence electrons. The molecule has 1 saturated heterocycles. The highest BCUT2D eigenvalue weighted by Gasteiger charge is 2.33. The van der Waals surface area contributed by atoms with Gasteiger partial charge in [0.2, 0.25) is 5.91 Å². The second kappa shape index (κ2) is 18.5. The lowest BCUT2D eigenvalue weighted by atomic mass is 9.90. The topological polar surface area (TPSA) is 167 Å². The molecule has 0 spiro atoms. The van der Waals surface area contributed by atoms with Gasteiger partial charge in [-0.15, -0.1) is 26.6 Å². The van der Waals surface area contributed by atoms with Crippen molar-refractivity contribution in [3.8, 4) is 39.6 Å². The molecule has 2 atom stereocenters. The van der Waals surface area contributed by atoms with Gasteiger partial charge in [0, 0.05) is 33.6 Å². The Hall–Kier alpha value is -6.35. The SMILES string of the molecule is Cc1sc2c(c1C)C(c1ccc(Cl)cc1)=N[C@@H](CC(=O)N[C@@H](C)c1ccc(CN3CCC(Cc4ccc(-n5c(O)nnc5-c5cc(C(C)C)c(O)cc5O)cc4)CC3)cc1)c1nnc(C)n1-2. The lowest BCUT2D eigenvalue weighted by Crippen LogP contribution is -2.33. The molecule has 9 rings (SSSR count). The van der Waals surface area contributed by atoms with Crippen molar-refractivity contribution in [2.45, 2.75) is 91.8 Å². The van der Waals surface area contributed by atoms with Crippen LogP contribution in [0.1, 0.15) is 114 Å². The Bertz CT molecular complexity index is 2930. The van der Waals surface area contributed by atoms with Crippen LogP contribution in [0.15, 0.2) is 89.9 Å². The molecular weight excluding hydrogens is 870 g/mol. The van der Waals surface area contributed by atoms with Gasteiger partial charge in [0.05, 0.1) is 29.4 Å². The number of aromatic hydroxyl groups is 3. The largest absolute Gasteiger partial charge is 0.508 e. The molecule has 0 saturated carbocycles. The van der Waals surface area contributed by atoms with Crippen molar-refractivity contribution in [3.63, 3.8) is 0 Å². The van der Waals surface area contributed by atoms with Crippen LogP contribution in [0.5, 0.6) is 17.5 Å². The number of halogens is 1. The number of carbonyl (C=O) groups is 1. The van der Waals surface area contributed by atoms with E-state index < -0.39 is 6.04 Å². The number of phenolic OH excluding ortho intramolecular Hbond substituents is 2. The van der Waals surface area contributed by atoms with Gasteiger partial charge in [-0.3, -0.25) is 19.3 Å². The van der Waals surface area contributed by atoms with E-state index in [-0.39, 0.29) is 47.6 Å². The van der Waals surface area contributed by atoms with Crippen molar-refractivity contribution in [3.05, 3.63) is 145 Å². The highest BCUT2D eigenvalue weighted by molar-refractivity contribution is 7.15. The minimum atomic E-state index is -0.543. The highest BCUT2D eigenvalue weighted by atomic mass is 35.5. The molecule has 0 bridgehead atoms. The third-order valence-corrected chi connectivity index (χ3v) is 14.5. The lowest BCUT2D eigenvalue weighted by molar-refractivity contribution is -0.122. The van der Waals surface area contributed by atoms with Gasteiger partial charge in [0.25, 0.3) is 0 Å². The van der Waals surface area contributed by atoms with E-state index in [4.69, 9.17) is 16.6 Å². The van der Waals surface area contributed by atoms with Gasteiger partial charge >= 0.3 is 6.01 Å². The molecule has 5 heterocycles. The number of benzene rings is 4. The van der Waals surface area contributed by atoms with Crippen LogP contribution in [-0.4, -0.2) is 74.5 Å². The maximum absolute atomic E-state index is 13.8. The summed E-state index contributed by atoms with van der Waals surface area (Å²) in [7, 11) is 0. The third-order valence-electron chi connectivity index (χ3n) is 13.1. The van der Waals surface area contributed by atoms with Crippen molar-refractivity contribution in [1.29, 1.82) is 0 Å². The first-order valence-corrected chi connectivity index (χ1v) is 23.7. The van der Waals surface area contributed by atoms with E-state index in [0.29, 0.717) is 33.6 Å². The Balaban J connectivity index is 0.795. The number of amides is 1. The first-order valence-electron chi connectivity index (χ1n) is 22.5. The second-order valence-corrected chi connectivity index (χ2v) is 19.6. The summed E-state index contributed by atoms with van der Waals surface area (Å²) in [5.74, 6) is 2.01. The summed E-state index contributed by atoms with van der Waals surface area (Å²) in [6.07, 6.45) is 3.25. The molecule has 13 nitrogen and oxygen atoms in total. The van der Waals surface area contributed by atoms with Crippen molar-refractivity contribution in [2.75, 3.05) is 13.1 Å². The minimum absolute atomic E-state index is 0.00899. The average molecular weight is 925 g/mol. The van der Waals surface area contributed by atoms with Crippen LogP contribution in [0, 0.1) is 26.7 Å². The molecule has 66 heavy (non-hydrogen) atoms. The van der Waals surface area contributed by atoms with Gasteiger partial charge in [0.15, 0.2) is 11.6 Å². The van der Waals surface area contributed by atoms with Crippen molar-refractivity contribution >= 4 is 34.6 Å². The number of nitrogens with zero attached hydrogens (tertiary/aromatic N) is 8. The van der Waals surface area contributed by atoms with Crippen molar-refractivity contribution in [2.24, 2.45) is 10.9 Å². The summed E-state index contributed by atoms with van der Waals surface area (Å²) in [6.45, 7) is 15.0. The minimum Gasteiger partial charge on any atom is -0.508 e. The van der Waals surface area contributed by atoms with Crippen LogP contribution in [0.4, 0.5) is 0 Å². The molecule has 0 aliphatic carbocycles. The molecule has 1 amide bonds. The predicted octanol–water partition coefficient (Wildman–Crippen LogP) is 10.0. The maximum atomic E-state index is 13.8. The quantitative estimate of drug-likeness (QED) is 0.0933. The molecule has 0 radical (unpaired) electrons. The Morgan fingerprint density at radius 3 is 2.23 bits per heavy atom. The zero-order valence-corrected chi connectivity index (χ0v) is 39.5. The summed E-state index contributed by atoms with van der Waals surface area (Å²) in [5.41, 5.74) is 9.13. The summed E-state index contributed by atoms with van der Waals surface area (Å²) in [6, 6.07) is 26.2. The maximum Gasteiger partial charge on any atom is 0.319 e. The number of hydrogen-bond acceptors (Lipinski definition) is 11. The number of rotatable bonds is 12. The summed E-state index contributed by atoms with van der Waals surface area (Å²) >= 11 is 7.97. The number of fused-ring (bicyclic) bond motifs is 3. The molecule has 2 aliphatic heterocycles. The van der Waals surface area contributed by atoms with Crippen LogP contribution in [-0.2, 0) is 17.8 Å². The van der Waals surface area contributed by atoms with E-state index >= 15 is 0 Å². The van der Waals surface area contributed by atoms with E-state index in [1.165, 1.54) is 26.6 Å². The van der Waals surface area contributed by atoms with Crippen LogP contribution in [0.3, 0.4) is 0 Å².